The van der Waals surface area contributed by atoms with Gasteiger partial charge in [0.05, 0.1) is 0 Å². The van der Waals surface area contributed by atoms with Gasteiger partial charge in [0.25, 0.3) is 0 Å². The predicted octanol–water partition coefficient (Wildman–Crippen LogP) is 7.89. The van der Waals surface area contributed by atoms with E-state index in [1.165, 1.54) is 36.8 Å². The van der Waals surface area contributed by atoms with Crippen LogP contribution in [0.2, 0.25) is 0 Å². The largest absolute Gasteiger partial charge is 0.507 e. The van der Waals surface area contributed by atoms with Crippen molar-refractivity contribution in [1.29, 1.82) is 0 Å². The quantitative estimate of drug-likeness (QED) is 0.528. The second kappa shape index (κ2) is 9.27. The van der Waals surface area contributed by atoms with Gasteiger partial charge < -0.3 is 10.2 Å². The Morgan fingerprint density at radius 2 is 0.968 bits per heavy atom. The highest BCUT2D eigenvalue weighted by Crippen LogP contribution is 2.44. The van der Waals surface area contributed by atoms with E-state index in [9.17, 15) is 10.2 Å². The first-order valence-corrected chi connectivity index (χ1v) is 12.5. The van der Waals surface area contributed by atoms with Crippen molar-refractivity contribution in [2.24, 2.45) is 11.8 Å². The van der Waals surface area contributed by atoms with Crippen LogP contribution in [0, 0.1) is 25.7 Å². The minimum atomic E-state index is 0.458. The minimum Gasteiger partial charge on any atom is -0.507 e. The van der Waals surface area contributed by atoms with Crippen LogP contribution < -0.4 is 0 Å². The Hall–Kier alpha value is -1.96. The lowest BCUT2D eigenvalue weighted by Crippen LogP contribution is -2.12. The molecule has 2 fully saturated rings. The van der Waals surface area contributed by atoms with Crippen LogP contribution in [-0.4, -0.2) is 10.2 Å². The van der Waals surface area contributed by atoms with Crippen molar-refractivity contribution in [2.75, 3.05) is 0 Å². The molecule has 0 aromatic heterocycles. The molecule has 0 saturated heterocycles. The summed E-state index contributed by atoms with van der Waals surface area (Å²) in [6.07, 6.45) is 10.2. The Kier molecular flexibility index (Phi) is 6.65. The fourth-order valence-electron chi connectivity index (χ4n) is 6.01. The molecule has 2 saturated carbocycles. The highest BCUT2D eigenvalue weighted by atomic mass is 16.3. The monoisotopic (exact) mass is 420 g/mol. The number of aromatic hydroxyl groups is 2. The van der Waals surface area contributed by atoms with Crippen LogP contribution in [0.3, 0.4) is 0 Å². The molecule has 31 heavy (non-hydrogen) atoms. The lowest BCUT2D eigenvalue weighted by Gasteiger charge is -2.28. The Morgan fingerprint density at radius 1 is 0.613 bits per heavy atom. The van der Waals surface area contributed by atoms with Gasteiger partial charge in [-0.1, -0.05) is 74.9 Å². The summed E-state index contributed by atoms with van der Waals surface area (Å²) in [4.78, 5) is 0. The highest BCUT2D eigenvalue weighted by Gasteiger charge is 2.26. The SMILES string of the molecule is Cc1cc(Cc2cc(C)cc(C3CCC(C)CC3)c2O)c(O)c(C2CCC(C)CC2)c1. The van der Waals surface area contributed by atoms with Gasteiger partial charge in [-0.3, -0.25) is 0 Å². The molecule has 2 heteroatoms. The molecule has 0 bridgehead atoms. The van der Waals surface area contributed by atoms with Crippen LogP contribution in [0.1, 0.15) is 110 Å². The predicted molar refractivity (Wildman–Crippen MR) is 129 cm³/mol. The van der Waals surface area contributed by atoms with Crippen molar-refractivity contribution in [3.8, 4) is 11.5 Å². The number of phenols is 2. The molecule has 0 amide bonds. The lowest BCUT2D eigenvalue weighted by molar-refractivity contribution is 0.339. The first-order valence-electron chi connectivity index (χ1n) is 12.5. The molecular formula is C29H40O2. The Labute approximate surface area is 188 Å². The third kappa shape index (κ3) is 4.94. The third-order valence-electron chi connectivity index (χ3n) is 8.02. The van der Waals surface area contributed by atoms with Crippen molar-refractivity contribution < 1.29 is 10.2 Å². The van der Waals surface area contributed by atoms with Crippen LogP contribution in [0.5, 0.6) is 11.5 Å². The van der Waals surface area contributed by atoms with E-state index < -0.39 is 0 Å². The van der Waals surface area contributed by atoms with Gasteiger partial charge in [-0.05, 0) is 85.5 Å². The molecule has 0 spiro atoms. The van der Waals surface area contributed by atoms with Gasteiger partial charge in [0.2, 0.25) is 0 Å². The standard InChI is InChI=1S/C29H40O2/c1-18-5-9-22(10-6-18)26-15-20(3)13-24(28(26)30)17-25-14-21(4)16-27(29(25)31)23-11-7-19(2)8-12-23/h13-16,18-19,22-23,30-31H,5-12,17H2,1-4H3. The molecule has 4 rings (SSSR count). The second-order valence-electron chi connectivity index (χ2n) is 10.8. The summed E-state index contributed by atoms with van der Waals surface area (Å²) in [6, 6.07) is 8.58. The van der Waals surface area contributed by atoms with Crippen molar-refractivity contribution in [2.45, 2.75) is 97.3 Å². The second-order valence-corrected chi connectivity index (χ2v) is 10.8. The van der Waals surface area contributed by atoms with Crippen molar-refractivity contribution in [3.05, 3.63) is 57.6 Å². The van der Waals surface area contributed by atoms with Crippen LogP contribution in [0.25, 0.3) is 0 Å². The summed E-state index contributed by atoms with van der Waals surface area (Å²) in [6.45, 7) is 8.93. The molecule has 2 aromatic rings. The van der Waals surface area contributed by atoms with Crippen molar-refractivity contribution in [1.82, 2.24) is 0 Å². The maximum Gasteiger partial charge on any atom is 0.122 e. The first-order chi connectivity index (χ1) is 14.8. The molecule has 2 aliphatic carbocycles. The Balaban J connectivity index is 1.63. The molecule has 2 aromatic carbocycles. The summed E-state index contributed by atoms with van der Waals surface area (Å²) in [5.41, 5.74) is 6.56. The fraction of sp³-hybridized carbons (Fsp3) is 0.586. The van der Waals surface area contributed by atoms with E-state index >= 15 is 0 Å². The van der Waals surface area contributed by atoms with Crippen molar-refractivity contribution >= 4 is 0 Å². The van der Waals surface area contributed by atoms with E-state index in [1.54, 1.807) is 0 Å². The number of benzene rings is 2. The summed E-state index contributed by atoms with van der Waals surface area (Å²) < 4.78 is 0. The number of hydrogen-bond acceptors (Lipinski definition) is 2. The van der Waals surface area contributed by atoms with Gasteiger partial charge in [-0.2, -0.15) is 0 Å². The summed E-state index contributed by atoms with van der Waals surface area (Å²) in [5.74, 6) is 3.43. The fourth-order valence-corrected chi connectivity index (χ4v) is 6.01. The van der Waals surface area contributed by atoms with E-state index in [4.69, 9.17) is 0 Å². The summed E-state index contributed by atoms with van der Waals surface area (Å²) >= 11 is 0. The maximum atomic E-state index is 11.2. The zero-order chi connectivity index (χ0) is 22.1. The minimum absolute atomic E-state index is 0.458. The van der Waals surface area contributed by atoms with Crippen LogP contribution >= 0.6 is 0 Å². The summed E-state index contributed by atoms with van der Waals surface area (Å²) in [5, 5.41) is 22.4. The molecule has 2 N–H and O–H groups in total. The van der Waals surface area contributed by atoms with E-state index in [0.717, 1.165) is 59.8 Å². The van der Waals surface area contributed by atoms with E-state index in [2.05, 4.69) is 52.0 Å². The zero-order valence-electron chi connectivity index (χ0n) is 19.9. The smallest absolute Gasteiger partial charge is 0.122 e. The number of hydrogen-bond donors (Lipinski definition) is 2. The molecule has 168 valence electrons. The average Bonchev–Trinajstić information content (AvgIpc) is 2.74. The summed E-state index contributed by atoms with van der Waals surface area (Å²) in [7, 11) is 0. The van der Waals surface area contributed by atoms with Gasteiger partial charge in [0.15, 0.2) is 0 Å². The average molecular weight is 421 g/mol. The molecule has 2 aliphatic rings. The number of phenolic OH excluding ortho intramolecular Hbond substituents is 2. The molecule has 0 atom stereocenters. The maximum absolute atomic E-state index is 11.2. The number of aryl methyl sites for hydroxylation is 2. The van der Waals surface area contributed by atoms with Crippen LogP contribution in [0.15, 0.2) is 24.3 Å². The zero-order valence-corrected chi connectivity index (χ0v) is 19.9. The van der Waals surface area contributed by atoms with Crippen LogP contribution in [-0.2, 0) is 6.42 Å². The first kappa shape index (κ1) is 22.2. The molecule has 2 nitrogen and oxygen atoms in total. The van der Waals surface area contributed by atoms with Gasteiger partial charge in [-0.15, -0.1) is 0 Å². The Morgan fingerprint density at radius 3 is 1.32 bits per heavy atom. The lowest BCUT2D eigenvalue weighted by atomic mass is 9.77. The van der Waals surface area contributed by atoms with Crippen molar-refractivity contribution in [3.63, 3.8) is 0 Å². The molecular weight excluding hydrogens is 380 g/mol. The van der Waals surface area contributed by atoms with E-state index in [1.807, 2.05) is 0 Å². The van der Waals surface area contributed by atoms with E-state index in [0.29, 0.717) is 29.8 Å². The highest BCUT2D eigenvalue weighted by molar-refractivity contribution is 5.52. The van der Waals surface area contributed by atoms with Crippen LogP contribution in [0.4, 0.5) is 0 Å². The topological polar surface area (TPSA) is 40.5 Å². The molecule has 0 radical (unpaired) electrons. The normalized spacial score (nSPS) is 26.7. The molecule has 0 heterocycles. The molecule has 0 unspecified atom stereocenters. The van der Waals surface area contributed by atoms with Gasteiger partial charge in [-0.25, -0.2) is 0 Å². The van der Waals surface area contributed by atoms with Gasteiger partial charge in [0, 0.05) is 6.42 Å². The Bertz CT molecular complexity index is 837. The third-order valence-corrected chi connectivity index (χ3v) is 8.02. The molecule has 0 aliphatic heterocycles. The van der Waals surface area contributed by atoms with Gasteiger partial charge >= 0.3 is 0 Å². The number of rotatable bonds is 4. The van der Waals surface area contributed by atoms with E-state index in [-0.39, 0.29) is 0 Å². The van der Waals surface area contributed by atoms with Gasteiger partial charge in [0.1, 0.15) is 11.5 Å².